The van der Waals surface area contributed by atoms with E-state index >= 15 is 0 Å². The third-order valence-electron chi connectivity index (χ3n) is 3.21. The second-order valence-electron chi connectivity index (χ2n) is 4.78. The number of hydrogen-bond donors (Lipinski definition) is 1. The molecule has 1 aromatic heterocycles. The lowest BCUT2D eigenvalue weighted by atomic mass is 9.93. The predicted molar refractivity (Wildman–Crippen MR) is 60.5 cm³/mol. The standard InChI is InChI=1S/C12H18N2O2/c1-8(2)12-13-7-10-9(6-11(15)16)4-3-5-14(10)12/h7-9H,3-6H2,1-2H3,(H,15,16). The zero-order valence-electron chi connectivity index (χ0n) is 9.81. The predicted octanol–water partition coefficient (Wildman–Crippen LogP) is 2.36. The fourth-order valence-electron chi connectivity index (χ4n) is 2.50. The summed E-state index contributed by atoms with van der Waals surface area (Å²) in [6, 6.07) is 0. The first kappa shape index (κ1) is 11.2. The zero-order chi connectivity index (χ0) is 11.7. The molecule has 16 heavy (non-hydrogen) atoms. The third-order valence-corrected chi connectivity index (χ3v) is 3.21. The summed E-state index contributed by atoms with van der Waals surface area (Å²) in [5, 5.41) is 8.88. The fraction of sp³-hybridized carbons (Fsp3) is 0.667. The first-order chi connectivity index (χ1) is 7.59. The molecule has 4 nitrogen and oxygen atoms in total. The van der Waals surface area contributed by atoms with E-state index in [1.165, 1.54) is 0 Å². The van der Waals surface area contributed by atoms with Gasteiger partial charge in [-0.15, -0.1) is 0 Å². The summed E-state index contributed by atoms with van der Waals surface area (Å²) in [7, 11) is 0. The highest BCUT2D eigenvalue weighted by Gasteiger charge is 2.25. The van der Waals surface area contributed by atoms with Crippen molar-refractivity contribution in [2.24, 2.45) is 0 Å². The highest BCUT2D eigenvalue weighted by atomic mass is 16.4. The Kier molecular flexibility index (Phi) is 2.99. The van der Waals surface area contributed by atoms with Gasteiger partial charge >= 0.3 is 5.97 Å². The number of carboxylic acids is 1. The van der Waals surface area contributed by atoms with Crippen LogP contribution >= 0.6 is 0 Å². The molecule has 1 atom stereocenters. The van der Waals surface area contributed by atoms with Crippen molar-refractivity contribution in [3.05, 3.63) is 17.7 Å². The van der Waals surface area contributed by atoms with Gasteiger partial charge in [-0.25, -0.2) is 4.98 Å². The minimum absolute atomic E-state index is 0.145. The van der Waals surface area contributed by atoms with Crippen molar-refractivity contribution in [1.29, 1.82) is 0 Å². The second-order valence-corrected chi connectivity index (χ2v) is 4.78. The number of carbonyl (C=O) groups is 1. The minimum Gasteiger partial charge on any atom is -0.481 e. The molecule has 4 heteroatoms. The lowest BCUT2D eigenvalue weighted by Crippen LogP contribution is -2.19. The molecule has 0 spiro atoms. The molecular formula is C12H18N2O2. The second kappa shape index (κ2) is 4.28. The molecule has 0 radical (unpaired) electrons. The van der Waals surface area contributed by atoms with Gasteiger partial charge in [0.05, 0.1) is 6.42 Å². The molecule has 1 aliphatic heterocycles. The molecule has 0 bridgehead atoms. The highest BCUT2D eigenvalue weighted by Crippen LogP contribution is 2.32. The van der Waals surface area contributed by atoms with Crippen molar-refractivity contribution in [2.45, 2.75) is 51.5 Å². The Bertz CT molecular complexity index is 396. The van der Waals surface area contributed by atoms with Gasteiger partial charge in [0.25, 0.3) is 0 Å². The van der Waals surface area contributed by atoms with Crippen LogP contribution in [0.4, 0.5) is 0 Å². The molecule has 2 rings (SSSR count). The van der Waals surface area contributed by atoms with Gasteiger partial charge in [0.2, 0.25) is 0 Å². The molecule has 1 unspecified atom stereocenters. The number of nitrogens with zero attached hydrogens (tertiary/aromatic N) is 2. The largest absolute Gasteiger partial charge is 0.481 e. The molecule has 1 aliphatic rings. The van der Waals surface area contributed by atoms with E-state index in [0.717, 1.165) is 30.9 Å². The van der Waals surface area contributed by atoms with Gasteiger partial charge in [0, 0.05) is 30.3 Å². The molecule has 0 aromatic carbocycles. The van der Waals surface area contributed by atoms with Crippen molar-refractivity contribution >= 4 is 5.97 Å². The van der Waals surface area contributed by atoms with Crippen LogP contribution in [0, 0.1) is 0 Å². The van der Waals surface area contributed by atoms with E-state index in [2.05, 4.69) is 23.4 Å². The van der Waals surface area contributed by atoms with Crippen molar-refractivity contribution < 1.29 is 9.90 Å². The number of fused-ring (bicyclic) bond motifs is 1. The third kappa shape index (κ3) is 1.96. The fourth-order valence-corrected chi connectivity index (χ4v) is 2.50. The maximum Gasteiger partial charge on any atom is 0.304 e. The van der Waals surface area contributed by atoms with Crippen molar-refractivity contribution in [2.75, 3.05) is 0 Å². The van der Waals surface area contributed by atoms with Gasteiger partial charge in [-0.05, 0) is 12.8 Å². The van der Waals surface area contributed by atoms with Crippen LogP contribution in [0.5, 0.6) is 0 Å². The van der Waals surface area contributed by atoms with Crippen LogP contribution in [0.3, 0.4) is 0 Å². The summed E-state index contributed by atoms with van der Waals surface area (Å²) in [5.74, 6) is 0.916. The van der Waals surface area contributed by atoms with E-state index in [9.17, 15) is 4.79 Å². The maximum atomic E-state index is 10.8. The van der Waals surface area contributed by atoms with Crippen LogP contribution in [0.15, 0.2) is 6.20 Å². The number of aromatic nitrogens is 2. The normalized spacial score (nSPS) is 19.8. The molecule has 0 aliphatic carbocycles. The van der Waals surface area contributed by atoms with E-state index in [1.807, 2.05) is 6.20 Å². The van der Waals surface area contributed by atoms with Crippen LogP contribution in [0.25, 0.3) is 0 Å². The van der Waals surface area contributed by atoms with Gasteiger partial charge in [0.1, 0.15) is 5.82 Å². The van der Waals surface area contributed by atoms with Crippen molar-refractivity contribution in [3.63, 3.8) is 0 Å². The molecule has 0 saturated carbocycles. The van der Waals surface area contributed by atoms with E-state index < -0.39 is 5.97 Å². The Morgan fingerprint density at radius 2 is 2.44 bits per heavy atom. The van der Waals surface area contributed by atoms with Crippen molar-refractivity contribution in [3.8, 4) is 0 Å². The Hall–Kier alpha value is -1.32. The van der Waals surface area contributed by atoms with E-state index in [-0.39, 0.29) is 12.3 Å². The first-order valence-electron chi connectivity index (χ1n) is 5.86. The number of hydrogen-bond acceptors (Lipinski definition) is 2. The Morgan fingerprint density at radius 3 is 3.06 bits per heavy atom. The average molecular weight is 222 g/mol. The maximum absolute atomic E-state index is 10.8. The smallest absolute Gasteiger partial charge is 0.304 e. The monoisotopic (exact) mass is 222 g/mol. The number of aliphatic carboxylic acids is 1. The lowest BCUT2D eigenvalue weighted by molar-refractivity contribution is -0.137. The summed E-state index contributed by atoms with van der Waals surface area (Å²) in [5.41, 5.74) is 1.11. The van der Waals surface area contributed by atoms with Crippen LogP contribution < -0.4 is 0 Å². The molecule has 88 valence electrons. The molecule has 2 heterocycles. The minimum atomic E-state index is -0.717. The molecular weight excluding hydrogens is 204 g/mol. The average Bonchev–Trinajstić information content (AvgIpc) is 2.61. The molecule has 0 saturated heterocycles. The van der Waals surface area contributed by atoms with E-state index in [1.54, 1.807) is 0 Å². The Balaban J connectivity index is 2.29. The van der Waals surface area contributed by atoms with E-state index in [0.29, 0.717) is 5.92 Å². The van der Waals surface area contributed by atoms with Gasteiger partial charge in [0.15, 0.2) is 0 Å². The summed E-state index contributed by atoms with van der Waals surface area (Å²) in [4.78, 5) is 15.2. The molecule has 0 fully saturated rings. The van der Waals surface area contributed by atoms with Crippen LogP contribution in [0.2, 0.25) is 0 Å². The van der Waals surface area contributed by atoms with Gasteiger partial charge in [-0.1, -0.05) is 13.8 Å². The quantitative estimate of drug-likeness (QED) is 0.854. The SMILES string of the molecule is CC(C)c1ncc2n1CCCC2CC(=O)O. The number of carboxylic acid groups (broad SMARTS) is 1. The van der Waals surface area contributed by atoms with Gasteiger partial charge in [-0.2, -0.15) is 0 Å². The zero-order valence-corrected chi connectivity index (χ0v) is 9.81. The first-order valence-corrected chi connectivity index (χ1v) is 5.86. The summed E-state index contributed by atoms with van der Waals surface area (Å²) < 4.78 is 2.21. The van der Waals surface area contributed by atoms with Crippen molar-refractivity contribution in [1.82, 2.24) is 9.55 Å². The number of rotatable bonds is 3. The molecule has 1 aromatic rings. The molecule has 1 N–H and O–H groups in total. The van der Waals surface area contributed by atoms with Crippen LogP contribution in [-0.4, -0.2) is 20.6 Å². The topological polar surface area (TPSA) is 55.1 Å². The summed E-state index contributed by atoms with van der Waals surface area (Å²) in [6.07, 6.45) is 4.11. The molecule has 0 amide bonds. The van der Waals surface area contributed by atoms with Crippen LogP contribution in [0.1, 0.15) is 56.5 Å². The highest BCUT2D eigenvalue weighted by molar-refractivity contribution is 5.67. The summed E-state index contributed by atoms with van der Waals surface area (Å²) in [6.45, 7) is 5.23. The summed E-state index contributed by atoms with van der Waals surface area (Å²) >= 11 is 0. The van der Waals surface area contributed by atoms with Gasteiger partial charge < -0.3 is 9.67 Å². The van der Waals surface area contributed by atoms with Crippen LogP contribution in [-0.2, 0) is 11.3 Å². The Labute approximate surface area is 95.3 Å². The Morgan fingerprint density at radius 1 is 1.69 bits per heavy atom. The number of imidazole rings is 1. The lowest BCUT2D eigenvalue weighted by Gasteiger charge is -2.24. The van der Waals surface area contributed by atoms with E-state index in [4.69, 9.17) is 5.11 Å². The van der Waals surface area contributed by atoms with Gasteiger partial charge in [-0.3, -0.25) is 4.79 Å².